The van der Waals surface area contributed by atoms with Crippen LogP contribution < -0.4 is 4.90 Å². The zero-order chi connectivity index (χ0) is 14.0. The fourth-order valence-corrected chi connectivity index (χ4v) is 2.01. The first-order valence-corrected chi connectivity index (χ1v) is 5.98. The molecule has 0 fully saturated rings. The van der Waals surface area contributed by atoms with E-state index in [2.05, 4.69) is 4.98 Å². The number of halogens is 1. The van der Waals surface area contributed by atoms with Gasteiger partial charge in [-0.2, -0.15) is 0 Å². The van der Waals surface area contributed by atoms with Crippen LogP contribution in [0.2, 0.25) is 0 Å². The number of aromatic nitrogens is 1. The number of fused-ring (bicyclic) bond motifs is 1. The predicted octanol–water partition coefficient (Wildman–Crippen LogP) is 2.62. The highest BCUT2D eigenvalue weighted by Crippen LogP contribution is 2.29. The first-order valence-electron chi connectivity index (χ1n) is 5.98. The zero-order valence-corrected chi connectivity index (χ0v) is 11.1. The summed E-state index contributed by atoms with van der Waals surface area (Å²) >= 11 is 0. The number of anilines is 1. The van der Waals surface area contributed by atoms with E-state index in [4.69, 9.17) is 4.74 Å². The lowest BCUT2D eigenvalue weighted by atomic mass is 10.1. The van der Waals surface area contributed by atoms with E-state index in [1.807, 2.05) is 0 Å². The minimum absolute atomic E-state index is 0.249. The summed E-state index contributed by atoms with van der Waals surface area (Å²) < 4.78 is 18.7. The normalized spacial score (nSPS) is 10.5. The fourth-order valence-electron chi connectivity index (χ4n) is 2.01. The maximum atomic E-state index is 13.7. The number of esters is 1. The van der Waals surface area contributed by atoms with E-state index in [-0.39, 0.29) is 12.1 Å². The molecule has 0 aliphatic carbocycles. The van der Waals surface area contributed by atoms with Gasteiger partial charge in [-0.25, -0.2) is 9.18 Å². The second kappa shape index (κ2) is 5.22. The van der Waals surface area contributed by atoms with Crippen LogP contribution in [0.4, 0.5) is 10.1 Å². The summed E-state index contributed by atoms with van der Waals surface area (Å²) in [4.78, 5) is 17.7. The Morgan fingerprint density at radius 1 is 1.42 bits per heavy atom. The Balaban J connectivity index is 2.73. The van der Waals surface area contributed by atoms with Crippen LogP contribution in [0.25, 0.3) is 10.9 Å². The van der Waals surface area contributed by atoms with Gasteiger partial charge in [0.2, 0.25) is 0 Å². The highest BCUT2D eigenvalue weighted by molar-refractivity contribution is 6.05. The van der Waals surface area contributed by atoms with Gasteiger partial charge in [0.25, 0.3) is 0 Å². The lowest BCUT2D eigenvalue weighted by Crippen LogP contribution is -2.16. The molecule has 5 heteroatoms. The number of carbonyl (C=O) groups is 1. The highest BCUT2D eigenvalue weighted by Gasteiger charge is 2.19. The van der Waals surface area contributed by atoms with Crippen LogP contribution in [0, 0.1) is 5.82 Å². The maximum Gasteiger partial charge on any atom is 0.341 e. The van der Waals surface area contributed by atoms with Crippen molar-refractivity contribution in [2.45, 2.75) is 6.92 Å². The second-order valence-corrected chi connectivity index (χ2v) is 4.27. The molecule has 0 bridgehead atoms. The van der Waals surface area contributed by atoms with Crippen molar-refractivity contribution in [2.75, 3.05) is 25.6 Å². The van der Waals surface area contributed by atoms with Crippen molar-refractivity contribution in [3.8, 4) is 0 Å². The van der Waals surface area contributed by atoms with E-state index in [0.29, 0.717) is 16.6 Å². The maximum absolute atomic E-state index is 13.7. The van der Waals surface area contributed by atoms with Gasteiger partial charge >= 0.3 is 5.97 Å². The molecule has 2 rings (SSSR count). The quantitative estimate of drug-likeness (QED) is 0.797. The number of hydrogen-bond donors (Lipinski definition) is 0. The van der Waals surface area contributed by atoms with Crippen molar-refractivity contribution < 1.29 is 13.9 Å². The van der Waals surface area contributed by atoms with Crippen LogP contribution in [0.15, 0.2) is 24.4 Å². The summed E-state index contributed by atoms with van der Waals surface area (Å²) in [6, 6.07) is 4.68. The van der Waals surface area contributed by atoms with Crippen molar-refractivity contribution in [3.05, 3.63) is 35.8 Å². The Morgan fingerprint density at radius 2 is 2.16 bits per heavy atom. The number of ether oxygens (including phenoxy) is 1. The lowest BCUT2D eigenvalue weighted by molar-refractivity contribution is 0.0527. The average Bonchev–Trinajstić information content (AvgIpc) is 2.37. The van der Waals surface area contributed by atoms with E-state index in [0.717, 1.165) is 0 Å². The van der Waals surface area contributed by atoms with Crippen LogP contribution in [0.1, 0.15) is 17.3 Å². The van der Waals surface area contributed by atoms with Crippen LogP contribution >= 0.6 is 0 Å². The molecule has 0 N–H and O–H groups in total. The van der Waals surface area contributed by atoms with Crippen molar-refractivity contribution >= 4 is 22.6 Å². The summed E-state index contributed by atoms with van der Waals surface area (Å²) in [6.07, 6.45) is 1.36. The molecule has 0 saturated carbocycles. The molecule has 0 aliphatic heterocycles. The Kier molecular flexibility index (Phi) is 3.64. The van der Waals surface area contributed by atoms with Gasteiger partial charge in [-0.15, -0.1) is 0 Å². The topological polar surface area (TPSA) is 42.4 Å². The molecule has 0 atom stereocenters. The predicted molar refractivity (Wildman–Crippen MR) is 72.0 cm³/mol. The Labute approximate surface area is 110 Å². The van der Waals surface area contributed by atoms with Crippen LogP contribution in [0.5, 0.6) is 0 Å². The monoisotopic (exact) mass is 262 g/mol. The highest BCUT2D eigenvalue weighted by atomic mass is 19.1. The average molecular weight is 262 g/mol. The molecule has 0 saturated heterocycles. The molecule has 4 nitrogen and oxygen atoms in total. The molecule has 2 aromatic rings. The van der Waals surface area contributed by atoms with Gasteiger partial charge in [0, 0.05) is 25.7 Å². The van der Waals surface area contributed by atoms with Crippen molar-refractivity contribution in [2.24, 2.45) is 0 Å². The number of benzene rings is 1. The van der Waals surface area contributed by atoms with Gasteiger partial charge in [0.05, 0.1) is 12.3 Å². The third-order valence-electron chi connectivity index (χ3n) is 2.76. The number of pyridine rings is 1. The Morgan fingerprint density at radius 3 is 2.79 bits per heavy atom. The Bertz CT molecular complexity index is 626. The molecular formula is C14H15FN2O2. The lowest BCUT2D eigenvalue weighted by Gasteiger charge is -2.18. The number of rotatable bonds is 3. The largest absolute Gasteiger partial charge is 0.462 e. The summed E-state index contributed by atoms with van der Waals surface area (Å²) in [6.45, 7) is 2.02. The first-order chi connectivity index (χ1) is 9.06. The number of nitrogens with zero attached hydrogens (tertiary/aromatic N) is 2. The molecule has 0 radical (unpaired) electrons. The van der Waals surface area contributed by atoms with Gasteiger partial charge in [-0.3, -0.25) is 4.98 Å². The summed E-state index contributed by atoms with van der Waals surface area (Å²) in [7, 11) is 3.59. The van der Waals surface area contributed by atoms with Crippen molar-refractivity contribution in [1.82, 2.24) is 4.98 Å². The van der Waals surface area contributed by atoms with E-state index < -0.39 is 11.8 Å². The van der Waals surface area contributed by atoms with Gasteiger partial charge in [0.15, 0.2) is 0 Å². The van der Waals surface area contributed by atoms with Crippen LogP contribution in [0.3, 0.4) is 0 Å². The van der Waals surface area contributed by atoms with Gasteiger partial charge in [-0.05, 0) is 13.0 Å². The molecule has 1 aromatic heterocycles. The molecule has 1 aromatic carbocycles. The minimum atomic E-state index is -0.454. The molecule has 19 heavy (non-hydrogen) atoms. The van der Waals surface area contributed by atoms with Crippen LogP contribution in [-0.4, -0.2) is 31.7 Å². The Hall–Kier alpha value is -2.17. The standard InChI is InChI=1S/C14H15FN2O2/c1-4-19-14(18)10-8-16-12-9(13(10)17(2)3)6-5-7-11(12)15/h5-8H,4H2,1-3H3. The molecular weight excluding hydrogens is 247 g/mol. The van der Waals surface area contributed by atoms with Crippen LogP contribution in [-0.2, 0) is 4.74 Å². The molecule has 0 unspecified atom stereocenters. The molecule has 0 amide bonds. The minimum Gasteiger partial charge on any atom is -0.462 e. The third-order valence-corrected chi connectivity index (χ3v) is 2.76. The SMILES string of the molecule is CCOC(=O)c1cnc2c(F)cccc2c1N(C)C. The second-order valence-electron chi connectivity index (χ2n) is 4.27. The third kappa shape index (κ3) is 2.36. The molecule has 0 spiro atoms. The summed E-state index contributed by atoms with van der Waals surface area (Å²) in [5.74, 6) is -0.860. The number of para-hydroxylation sites is 1. The molecule has 100 valence electrons. The van der Waals surface area contributed by atoms with E-state index in [1.54, 1.807) is 38.1 Å². The van der Waals surface area contributed by atoms with E-state index in [1.165, 1.54) is 12.3 Å². The van der Waals surface area contributed by atoms with E-state index >= 15 is 0 Å². The van der Waals surface area contributed by atoms with Gasteiger partial charge in [-0.1, -0.05) is 12.1 Å². The zero-order valence-electron chi connectivity index (χ0n) is 11.1. The summed E-state index contributed by atoms with van der Waals surface area (Å²) in [5.41, 5.74) is 1.20. The molecule has 0 aliphatic rings. The first kappa shape index (κ1) is 13.3. The molecule has 1 heterocycles. The smallest absolute Gasteiger partial charge is 0.341 e. The number of carbonyl (C=O) groups excluding carboxylic acids is 1. The van der Waals surface area contributed by atoms with E-state index in [9.17, 15) is 9.18 Å². The van der Waals surface area contributed by atoms with Crippen molar-refractivity contribution in [1.29, 1.82) is 0 Å². The van der Waals surface area contributed by atoms with Gasteiger partial charge < -0.3 is 9.64 Å². The van der Waals surface area contributed by atoms with Gasteiger partial charge in [0.1, 0.15) is 16.9 Å². The van der Waals surface area contributed by atoms with Crippen molar-refractivity contribution in [3.63, 3.8) is 0 Å². The number of hydrogen-bond acceptors (Lipinski definition) is 4. The fraction of sp³-hybridized carbons (Fsp3) is 0.286. The summed E-state index contributed by atoms with van der Waals surface area (Å²) in [5, 5.41) is 0.593.